The summed E-state index contributed by atoms with van der Waals surface area (Å²) in [5, 5.41) is 1.03. The summed E-state index contributed by atoms with van der Waals surface area (Å²) in [6.07, 6.45) is 5.56. The van der Waals surface area contributed by atoms with Crippen LogP contribution in [0.1, 0.15) is 57.4 Å². The van der Waals surface area contributed by atoms with Crippen molar-refractivity contribution in [3.63, 3.8) is 0 Å². The van der Waals surface area contributed by atoms with Crippen molar-refractivity contribution in [1.82, 2.24) is 0 Å². The Morgan fingerprint density at radius 1 is 1.12 bits per heavy atom. The van der Waals surface area contributed by atoms with E-state index in [4.69, 9.17) is 34.7 Å². The number of amidine groups is 1. The molecule has 0 spiro atoms. The third-order valence-electron chi connectivity index (χ3n) is 4.34. The molecular formula is C17H25Cl3N4. The van der Waals surface area contributed by atoms with Gasteiger partial charge in [-0.25, -0.2) is 9.98 Å². The highest BCUT2D eigenvalue weighted by atomic mass is 35.5. The smallest absolute Gasteiger partial charge is 0.217 e. The van der Waals surface area contributed by atoms with Gasteiger partial charge in [-0.1, -0.05) is 61.9 Å². The van der Waals surface area contributed by atoms with Gasteiger partial charge >= 0.3 is 0 Å². The van der Waals surface area contributed by atoms with Crippen LogP contribution in [0.3, 0.4) is 0 Å². The molecule has 0 bridgehead atoms. The quantitative estimate of drug-likeness (QED) is 0.676. The predicted molar refractivity (Wildman–Crippen MR) is 107 cm³/mol. The minimum Gasteiger partial charge on any atom is -0.386 e. The van der Waals surface area contributed by atoms with E-state index in [2.05, 4.69) is 23.8 Å². The number of guanidine groups is 1. The SMILES string of the molecule is CCCCCCC1(C)N=C(N)N=C(N)C1c1ccc(Cl)c(Cl)c1.Cl. The van der Waals surface area contributed by atoms with Crippen molar-refractivity contribution in [2.24, 2.45) is 21.5 Å². The van der Waals surface area contributed by atoms with Crippen LogP contribution in [0.25, 0.3) is 0 Å². The Kier molecular flexibility index (Phi) is 7.84. The van der Waals surface area contributed by atoms with Crippen molar-refractivity contribution >= 4 is 47.4 Å². The van der Waals surface area contributed by atoms with Crippen molar-refractivity contribution in [2.45, 2.75) is 57.4 Å². The van der Waals surface area contributed by atoms with Crippen LogP contribution in [0.2, 0.25) is 10.0 Å². The van der Waals surface area contributed by atoms with E-state index in [9.17, 15) is 0 Å². The molecule has 0 fully saturated rings. The van der Waals surface area contributed by atoms with Crippen molar-refractivity contribution in [3.05, 3.63) is 33.8 Å². The fourth-order valence-corrected chi connectivity index (χ4v) is 3.50. The summed E-state index contributed by atoms with van der Waals surface area (Å²) in [7, 11) is 0. The average Bonchev–Trinajstić information content (AvgIpc) is 2.46. The van der Waals surface area contributed by atoms with Crippen LogP contribution in [-0.4, -0.2) is 17.3 Å². The monoisotopic (exact) mass is 390 g/mol. The fourth-order valence-electron chi connectivity index (χ4n) is 3.20. The summed E-state index contributed by atoms with van der Waals surface area (Å²) in [4.78, 5) is 8.80. The van der Waals surface area contributed by atoms with E-state index < -0.39 is 5.54 Å². The van der Waals surface area contributed by atoms with Crippen molar-refractivity contribution < 1.29 is 0 Å². The first kappa shape index (κ1) is 21.1. The second kappa shape index (κ2) is 8.93. The summed E-state index contributed by atoms with van der Waals surface area (Å²) in [5.41, 5.74) is 12.6. The first-order valence-electron chi connectivity index (χ1n) is 8.01. The van der Waals surface area contributed by atoms with Crippen molar-refractivity contribution in [3.8, 4) is 0 Å². The molecule has 134 valence electrons. The van der Waals surface area contributed by atoms with Crippen LogP contribution in [0.5, 0.6) is 0 Å². The highest BCUT2D eigenvalue weighted by Crippen LogP contribution is 2.39. The number of nitrogens with zero attached hydrogens (tertiary/aromatic N) is 2. The standard InChI is InChI=1S/C17H24Cl2N4.ClH/c1-3-4-5-6-9-17(2)14(15(20)22-16(21)23-17)11-7-8-12(18)13(19)10-11;/h7-8,10,14H,3-6,9H2,1-2H3,(H4,20,21,22,23);1H. The van der Waals surface area contributed by atoms with Crippen molar-refractivity contribution in [2.75, 3.05) is 0 Å². The lowest BCUT2D eigenvalue weighted by atomic mass is 9.76. The Balaban J connectivity index is 0.00000288. The third kappa shape index (κ3) is 4.78. The van der Waals surface area contributed by atoms with E-state index in [1.54, 1.807) is 6.07 Å². The van der Waals surface area contributed by atoms with E-state index in [0.29, 0.717) is 15.9 Å². The van der Waals surface area contributed by atoms with Gasteiger partial charge in [0.05, 0.1) is 21.5 Å². The Morgan fingerprint density at radius 3 is 2.46 bits per heavy atom. The number of halogens is 3. The van der Waals surface area contributed by atoms with Crippen LogP contribution in [0.15, 0.2) is 28.2 Å². The lowest BCUT2D eigenvalue weighted by Gasteiger charge is -2.37. The van der Waals surface area contributed by atoms with Gasteiger partial charge in [-0.15, -0.1) is 12.4 Å². The molecule has 1 aliphatic heterocycles. The Morgan fingerprint density at radius 2 is 1.83 bits per heavy atom. The van der Waals surface area contributed by atoms with Gasteiger partial charge in [0.25, 0.3) is 0 Å². The van der Waals surface area contributed by atoms with E-state index in [-0.39, 0.29) is 24.3 Å². The van der Waals surface area contributed by atoms with Gasteiger partial charge in [0.15, 0.2) is 0 Å². The average molecular weight is 392 g/mol. The number of hydrogen-bond donors (Lipinski definition) is 2. The minimum absolute atomic E-state index is 0. The van der Waals surface area contributed by atoms with Crippen LogP contribution in [-0.2, 0) is 0 Å². The molecule has 0 radical (unpaired) electrons. The van der Waals surface area contributed by atoms with Gasteiger partial charge in [-0.2, -0.15) is 0 Å². The maximum absolute atomic E-state index is 6.21. The van der Waals surface area contributed by atoms with E-state index in [0.717, 1.165) is 18.4 Å². The maximum atomic E-state index is 6.21. The predicted octanol–water partition coefficient (Wildman–Crippen LogP) is 4.91. The summed E-state index contributed by atoms with van der Waals surface area (Å²) >= 11 is 12.2. The molecule has 2 unspecified atom stereocenters. The molecule has 0 saturated heterocycles. The van der Waals surface area contributed by atoms with Crippen LogP contribution < -0.4 is 11.5 Å². The number of unbranched alkanes of at least 4 members (excludes halogenated alkanes) is 3. The van der Waals surface area contributed by atoms with Gasteiger partial charge in [0.2, 0.25) is 5.96 Å². The number of aliphatic imine (C=N–C) groups is 2. The molecule has 1 heterocycles. The lowest BCUT2D eigenvalue weighted by Crippen LogP contribution is -2.45. The second-order valence-electron chi connectivity index (χ2n) is 6.28. The molecule has 1 aliphatic rings. The number of nitrogens with two attached hydrogens (primary N) is 2. The summed E-state index contributed by atoms with van der Waals surface area (Å²) in [5.74, 6) is 0.580. The van der Waals surface area contributed by atoms with Gasteiger partial charge in [0.1, 0.15) is 5.84 Å². The molecule has 0 amide bonds. The fraction of sp³-hybridized carbons (Fsp3) is 0.529. The largest absolute Gasteiger partial charge is 0.386 e. The second-order valence-corrected chi connectivity index (χ2v) is 7.10. The van der Waals surface area contributed by atoms with Crippen molar-refractivity contribution in [1.29, 1.82) is 0 Å². The Hall–Kier alpha value is -0.970. The normalized spacial score (nSPS) is 23.2. The molecule has 0 aliphatic carbocycles. The van der Waals surface area contributed by atoms with Gasteiger partial charge in [-0.05, 0) is 31.0 Å². The Bertz CT molecular complexity index is 630. The van der Waals surface area contributed by atoms with Gasteiger partial charge < -0.3 is 11.5 Å². The molecule has 0 saturated carbocycles. The molecule has 0 aromatic heterocycles. The molecule has 2 rings (SSSR count). The Labute approximate surface area is 160 Å². The summed E-state index contributed by atoms with van der Waals surface area (Å²) < 4.78 is 0. The van der Waals surface area contributed by atoms with E-state index >= 15 is 0 Å². The van der Waals surface area contributed by atoms with Gasteiger partial charge in [0, 0.05) is 0 Å². The number of rotatable bonds is 6. The zero-order chi connectivity index (χ0) is 17.0. The topological polar surface area (TPSA) is 76.8 Å². The first-order valence-corrected chi connectivity index (χ1v) is 8.77. The number of hydrogen-bond acceptors (Lipinski definition) is 4. The molecule has 1 aromatic rings. The van der Waals surface area contributed by atoms with E-state index in [1.165, 1.54) is 19.3 Å². The molecule has 7 heteroatoms. The van der Waals surface area contributed by atoms with Crippen LogP contribution in [0, 0.1) is 0 Å². The molecule has 4 N–H and O–H groups in total. The van der Waals surface area contributed by atoms with Crippen LogP contribution in [0.4, 0.5) is 0 Å². The highest BCUT2D eigenvalue weighted by Gasteiger charge is 2.40. The first-order chi connectivity index (χ1) is 10.9. The molecule has 4 nitrogen and oxygen atoms in total. The molecular weight excluding hydrogens is 367 g/mol. The summed E-state index contributed by atoms with van der Waals surface area (Å²) in [6.45, 7) is 4.28. The van der Waals surface area contributed by atoms with Crippen LogP contribution >= 0.6 is 35.6 Å². The maximum Gasteiger partial charge on any atom is 0.217 e. The highest BCUT2D eigenvalue weighted by molar-refractivity contribution is 6.42. The lowest BCUT2D eigenvalue weighted by molar-refractivity contribution is 0.383. The minimum atomic E-state index is -0.416. The molecule has 1 aromatic carbocycles. The zero-order valence-electron chi connectivity index (χ0n) is 14.1. The molecule has 24 heavy (non-hydrogen) atoms. The third-order valence-corrected chi connectivity index (χ3v) is 5.08. The van der Waals surface area contributed by atoms with Gasteiger partial charge in [-0.3, -0.25) is 0 Å². The molecule has 2 atom stereocenters. The number of benzene rings is 1. The van der Waals surface area contributed by atoms with E-state index in [1.807, 2.05) is 12.1 Å². The summed E-state index contributed by atoms with van der Waals surface area (Å²) in [6, 6.07) is 5.56. The zero-order valence-corrected chi connectivity index (χ0v) is 16.4.